The molecule has 0 aromatic heterocycles. The summed E-state index contributed by atoms with van der Waals surface area (Å²) in [5.41, 5.74) is -5.07. The van der Waals surface area contributed by atoms with Crippen LogP contribution in [0.15, 0.2) is 0 Å². The van der Waals surface area contributed by atoms with Gasteiger partial charge in [-0.15, -0.1) is 0 Å². The maximum absolute atomic E-state index is 14.1. The first-order valence-corrected chi connectivity index (χ1v) is 18.3. The second kappa shape index (κ2) is 17.0. The van der Waals surface area contributed by atoms with E-state index in [4.69, 9.17) is 32.5 Å². The van der Waals surface area contributed by atoms with Crippen LogP contribution in [0.2, 0.25) is 0 Å². The van der Waals surface area contributed by atoms with Crippen LogP contribution >= 0.6 is 0 Å². The largest absolute Gasteiger partial charge is 0.459 e. The first-order chi connectivity index (χ1) is 24.6. The second-order valence-electron chi connectivity index (χ2n) is 16.1. The predicted molar refractivity (Wildman–Crippen MR) is 186 cm³/mol. The van der Waals surface area contributed by atoms with Crippen LogP contribution in [0.4, 0.5) is 0 Å². The third-order valence-electron chi connectivity index (χ3n) is 11.7. The summed E-state index contributed by atoms with van der Waals surface area (Å²) in [5, 5.41) is 57.8. The minimum Gasteiger partial charge on any atom is -0.459 e. The van der Waals surface area contributed by atoms with Crippen LogP contribution in [0.5, 0.6) is 0 Å². The highest BCUT2D eigenvalue weighted by molar-refractivity contribution is 5.83. The molecule has 0 aromatic carbocycles. The molecule has 0 spiro atoms. The molecule has 0 aromatic rings. The van der Waals surface area contributed by atoms with Crippen LogP contribution in [0, 0.1) is 23.7 Å². The zero-order valence-electron chi connectivity index (χ0n) is 35.4. The first-order valence-electron chi connectivity index (χ1n) is 19.8. The van der Waals surface area contributed by atoms with E-state index in [1.807, 2.05) is 0 Å². The molecule has 3 aliphatic heterocycles. The highest BCUT2D eigenvalue weighted by Gasteiger charge is 2.53. The Morgan fingerprint density at radius 1 is 0.941 bits per heavy atom. The molecule has 3 saturated heterocycles. The Labute approximate surface area is 308 Å². The molecule has 3 heterocycles. The Bertz CT molecular complexity index is 1270. The van der Waals surface area contributed by atoms with E-state index in [9.17, 15) is 35.1 Å². The maximum atomic E-state index is 14.1. The maximum Gasteiger partial charge on any atom is 0.311 e. The normalized spacial score (nSPS) is 50.9. The van der Waals surface area contributed by atoms with Gasteiger partial charge in [0.2, 0.25) is 0 Å². The van der Waals surface area contributed by atoms with Gasteiger partial charge in [0, 0.05) is 41.4 Å². The third kappa shape index (κ3) is 9.51. The highest BCUT2D eigenvalue weighted by atomic mass is 16.7. The molecule has 14 heteroatoms. The van der Waals surface area contributed by atoms with Gasteiger partial charge in [0.25, 0.3) is 0 Å². The molecule has 3 aliphatic rings. The lowest BCUT2D eigenvalue weighted by Crippen LogP contribution is -2.61. The Balaban J connectivity index is 2.20. The zero-order chi connectivity index (χ0) is 41.5. The number of ether oxygens (including phenoxy) is 6. The smallest absolute Gasteiger partial charge is 0.311 e. The number of rotatable bonds is 7. The number of aliphatic hydroxyl groups excluding tert-OH is 3. The van der Waals surface area contributed by atoms with E-state index < -0.39 is 127 Å². The first kappa shape index (κ1) is 39.4. The number of cyclic esters (lactones) is 1. The molecule has 3 fully saturated rings. The van der Waals surface area contributed by atoms with Crippen molar-refractivity contribution >= 4 is 11.8 Å². The van der Waals surface area contributed by atoms with Gasteiger partial charge in [-0.1, -0.05) is 27.7 Å². The van der Waals surface area contributed by atoms with Gasteiger partial charge in [0.15, 0.2) is 12.6 Å². The number of methoxy groups -OCH3 is 1. The molecule has 5 N–H and O–H groups in total. The number of ketones is 1. The molecular weight excluding hydrogens is 667 g/mol. The number of carbonyl (C=O) groups is 2. The molecule has 14 nitrogen and oxygen atoms in total. The Morgan fingerprint density at radius 3 is 2.14 bits per heavy atom. The van der Waals surface area contributed by atoms with Crippen molar-refractivity contribution in [3.63, 3.8) is 0 Å². The number of hydrogen-bond donors (Lipinski definition) is 5. The number of carbonyl (C=O) groups excluding carboxylic acids is 2. The minimum atomic E-state index is -2.55. The van der Waals surface area contributed by atoms with Gasteiger partial charge in [-0.05, 0) is 74.8 Å². The summed E-state index contributed by atoms with van der Waals surface area (Å²) in [6.45, 7) is 13.2. The molecular formula is C37H67NO13. The summed E-state index contributed by atoms with van der Waals surface area (Å²) in [6, 6.07) is -0.928. The number of nitrogens with zero attached hydrogens (tertiary/aromatic N) is 1. The summed E-state index contributed by atoms with van der Waals surface area (Å²) >= 11 is 0. The van der Waals surface area contributed by atoms with E-state index in [2.05, 4.69) is 0 Å². The van der Waals surface area contributed by atoms with Crippen LogP contribution in [0.3, 0.4) is 0 Å². The number of esters is 1. The van der Waals surface area contributed by atoms with E-state index in [1.165, 1.54) is 34.9 Å². The quantitative estimate of drug-likeness (QED) is 0.188. The number of aliphatic hydroxyl groups is 5. The van der Waals surface area contributed by atoms with Gasteiger partial charge in [0.1, 0.15) is 29.7 Å². The average molecular weight is 738 g/mol. The van der Waals surface area contributed by atoms with E-state index in [-0.39, 0.29) is 25.7 Å². The minimum absolute atomic E-state index is 0.0366. The van der Waals surface area contributed by atoms with E-state index >= 15 is 0 Å². The molecule has 0 bridgehead atoms. The summed E-state index contributed by atoms with van der Waals surface area (Å²) in [7, 11) is 2.82. The number of likely N-dealkylation sites (N-methyl/N-ethyl adjacent to an activating group) is 1. The standard InChI is InChI=1S/C37H67NO13/c1-14-25-37(10,45)30(41)20(4)27(39)18(2)16-35(8,44)32(51-34-28(40)24(38(11)12)15-19(3)47-34)21(5)29(22(6)33(43)49-25)50-26-17-36(9,46-13)31(42)23(7)48-26/h18-26,28-32,34,40-42,44-45H,14-17H2,1-13H3/t18-,19-,20+,21+,22-,23+,24+,25-,26+,28-,29+,30-,31+,32?,34+,35-,36-,37-/m1/s1/i11+1D3. The molecule has 298 valence electrons. The second-order valence-corrected chi connectivity index (χ2v) is 16.1. The molecule has 0 aliphatic carbocycles. The summed E-state index contributed by atoms with van der Waals surface area (Å²) in [4.78, 5) is 29.0. The Morgan fingerprint density at radius 2 is 1.57 bits per heavy atom. The van der Waals surface area contributed by atoms with Crippen molar-refractivity contribution in [2.75, 3.05) is 21.1 Å². The number of Topliss-reactive ketones (excluding diaryl/α,β-unsaturated/α-hetero) is 1. The van der Waals surface area contributed by atoms with E-state index in [0.717, 1.165) is 4.90 Å². The van der Waals surface area contributed by atoms with Crippen LogP contribution in [0.1, 0.15) is 99.0 Å². The average Bonchev–Trinajstić information content (AvgIpc) is 3.08. The highest BCUT2D eigenvalue weighted by Crippen LogP contribution is 2.40. The van der Waals surface area contributed by atoms with E-state index in [0.29, 0.717) is 0 Å². The molecule has 18 atom stereocenters. The van der Waals surface area contributed by atoms with Crippen molar-refractivity contribution < 1.29 is 67.7 Å². The van der Waals surface area contributed by atoms with Gasteiger partial charge in [-0.3, -0.25) is 9.59 Å². The lowest BCUT2D eigenvalue weighted by Gasteiger charge is -2.49. The fourth-order valence-corrected chi connectivity index (χ4v) is 8.28. The third-order valence-corrected chi connectivity index (χ3v) is 11.7. The summed E-state index contributed by atoms with van der Waals surface area (Å²) in [5.74, 6) is -5.45. The van der Waals surface area contributed by atoms with Crippen molar-refractivity contribution in [2.24, 2.45) is 23.7 Å². The molecule has 0 radical (unpaired) electrons. The summed E-state index contributed by atoms with van der Waals surface area (Å²) < 4.78 is 60.7. The van der Waals surface area contributed by atoms with Gasteiger partial charge in [-0.2, -0.15) is 0 Å². The summed E-state index contributed by atoms with van der Waals surface area (Å²) in [6.07, 6.45) is -11.7. The van der Waals surface area contributed by atoms with E-state index in [1.54, 1.807) is 48.5 Å². The lowest BCUT2D eigenvalue weighted by atomic mass is 9.74. The van der Waals surface area contributed by atoms with Gasteiger partial charge < -0.3 is 58.9 Å². The fourth-order valence-electron chi connectivity index (χ4n) is 8.28. The Kier molecular flexibility index (Phi) is 13.1. The molecule has 3 rings (SSSR count). The van der Waals surface area contributed by atoms with Crippen molar-refractivity contribution in [1.82, 2.24) is 4.90 Å². The van der Waals surface area contributed by atoms with Gasteiger partial charge in [0.05, 0.1) is 47.6 Å². The van der Waals surface area contributed by atoms with Gasteiger partial charge >= 0.3 is 5.97 Å². The van der Waals surface area contributed by atoms with Crippen LogP contribution < -0.4 is 0 Å². The SMILES string of the molecule is [2H][13C]([2H])([2H])N(C)[C@H]1C[C@@H](C)O[C@@H](OC2[C@@H](C)[C@H](O[C@H]3C[C@@](C)(OC)[C@@H](O)[C@H](C)O3)[C@@H](C)C(=O)O[C@H](CC)[C@@](C)(O)[C@H](O)[C@@H](C)C(=O)[C@H](C)C[C@@]2(C)O)[C@@H]1O. The zero-order valence-corrected chi connectivity index (χ0v) is 32.4. The Hall–Kier alpha value is -1.30. The van der Waals surface area contributed by atoms with Crippen molar-refractivity contribution in [1.29, 1.82) is 0 Å². The van der Waals surface area contributed by atoms with Crippen molar-refractivity contribution in [3.05, 3.63) is 0 Å². The molecule has 0 saturated carbocycles. The van der Waals surface area contributed by atoms with Crippen LogP contribution in [-0.4, -0.2) is 148 Å². The topological polar surface area (TPSA) is 194 Å². The van der Waals surface area contributed by atoms with Crippen molar-refractivity contribution in [2.45, 2.75) is 179 Å². The van der Waals surface area contributed by atoms with Crippen LogP contribution in [-0.2, 0) is 38.0 Å². The molecule has 51 heavy (non-hydrogen) atoms. The van der Waals surface area contributed by atoms with Crippen LogP contribution in [0.25, 0.3) is 0 Å². The lowest BCUT2D eigenvalue weighted by molar-refractivity contribution is -0.318. The number of hydrogen-bond acceptors (Lipinski definition) is 14. The van der Waals surface area contributed by atoms with Gasteiger partial charge in [-0.25, -0.2) is 0 Å². The van der Waals surface area contributed by atoms with Crippen molar-refractivity contribution in [3.8, 4) is 0 Å². The monoisotopic (exact) mass is 737 g/mol. The molecule has 1 unspecified atom stereocenters. The predicted octanol–water partition coefficient (Wildman–Crippen LogP) is 1.79. The fraction of sp³-hybridized carbons (Fsp3) is 0.946. The molecule has 0 amide bonds.